The molecule has 0 bridgehead atoms. The highest BCUT2D eigenvalue weighted by atomic mass is 32.2. The number of fused-ring (bicyclic) bond motifs is 1. The van der Waals surface area contributed by atoms with Gasteiger partial charge in [-0.2, -0.15) is 21.6 Å². The van der Waals surface area contributed by atoms with E-state index in [4.69, 9.17) is 4.55 Å². The molecule has 1 heterocycles. The standard InChI is InChI=1S/C11H8F3NO4S/c1-15-9-3-2-6(20(17,18)19)4-7(9)8(5-10(15)16)11(12,13)14/h2-5H,1H3,(H,17,18,19). The number of aromatic nitrogens is 1. The maximum atomic E-state index is 12.9. The zero-order chi connectivity index (χ0) is 15.3. The van der Waals surface area contributed by atoms with Crippen LogP contribution in [0.15, 0.2) is 34.0 Å². The minimum Gasteiger partial charge on any atom is -0.311 e. The molecule has 1 N–H and O–H groups in total. The van der Waals surface area contributed by atoms with Gasteiger partial charge in [-0.05, 0) is 18.2 Å². The summed E-state index contributed by atoms with van der Waals surface area (Å²) in [4.78, 5) is 10.8. The van der Waals surface area contributed by atoms with E-state index in [1.54, 1.807) is 0 Å². The van der Waals surface area contributed by atoms with Crippen LogP contribution in [0.4, 0.5) is 13.2 Å². The molecule has 108 valence electrons. The van der Waals surface area contributed by atoms with Gasteiger partial charge in [-0.25, -0.2) is 0 Å². The van der Waals surface area contributed by atoms with Gasteiger partial charge in [-0.1, -0.05) is 0 Å². The molecule has 5 nitrogen and oxygen atoms in total. The molecule has 0 saturated carbocycles. The van der Waals surface area contributed by atoms with E-state index in [1.807, 2.05) is 0 Å². The van der Waals surface area contributed by atoms with Crippen LogP contribution in [0.1, 0.15) is 5.56 Å². The summed E-state index contributed by atoms with van der Waals surface area (Å²) in [6.07, 6.45) is -4.82. The predicted octanol–water partition coefficient (Wildman–Crippen LogP) is 1.80. The molecule has 0 unspecified atom stereocenters. The Morgan fingerprint density at radius 2 is 1.80 bits per heavy atom. The molecule has 0 spiro atoms. The first kappa shape index (κ1) is 14.5. The van der Waals surface area contributed by atoms with Crippen molar-refractivity contribution in [3.63, 3.8) is 0 Å². The van der Waals surface area contributed by atoms with Crippen molar-refractivity contribution in [2.45, 2.75) is 11.1 Å². The first-order valence-corrected chi connectivity index (χ1v) is 6.64. The van der Waals surface area contributed by atoms with Crippen LogP contribution in [0.5, 0.6) is 0 Å². The van der Waals surface area contributed by atoms with Gasteiger partial charge in [0.25, 0.3) is 15.7 Å². The Labute approximate surface area is 111 Å². The molecule has 0 aliphatic rings. The number of pyridine rings is 1. The van der Waals surface area contributed by atoms with Crippen molar-refractivity contribution in [2.24, 2.45) is 7.05 Å². The van der Waals surface area contributed by atoms with E-state index in [0.717, 1.165) is 16.7 Å². The monoisotopic (exact) mass is 307 g/mol. The Morgan fingerprint density at radius 1 is 1.20 bits per heavy atom. The van der Waals surface area contributed by atoms with E-state index in [1.165, 1.54) is 7.05 Å². The highest BCUT2D eigenvalue weighted by molar-refractivity contribution is 7.85. The second kappa shape index (κ2) is 4.32. The number of halogens is 3. The molecule has 2 rings (SSSR count). The molecule has 2 aromatic rings. The fourth-order valence-corrected chi connectivity index (χ4v) is 2.34. The molecule has 0 amide bonds. The summed E-state index contributed by atoms with van der Waals surface area (Å²) in [6.45, 7) is 0. The summed E-state index contributed by atoms with van der Waals surface area (Å²) in [5.41, 5.74) is -2.21. The number of hydrogen-bond acceptors (Lipinski definition) is 3. The normalized spacial score (nSPS) is 12.8. The second-order valence-electron chi connectivity index (χ2n) is 4.11. The Hall–Kier alpha value is -1.87. The summed E-state index contributed by atoms with van der Waals surface area (Å²) in [6, 6.07) is 3.04. The first-order valence-electron chi connectivity index (χ1n) is 5.20. The first-order chi connectivity index (χ1) is 9.01. The number of rotatable bonds is 1. The van der Waals surface area contributed by atoms with Crippen LogP contribution in [0.2, 0.25) is 0 Å². The number of alkyl halides is 3. The van der Waals surface area contributed by atoms with E-state index >= 15 is 0 Å². The Bertz CT molecular complexity index is 852. The lowest BCUT2D eigenvalue weighted by Gasteiger charge is -2.13. The van der Waals surface area contributed by atoms with Gasteiger partial charge in [0.15, 0.2) is 0 Å². The summed E-state index contributed by atoms with van der Waals surface area (Å²) in [5.74, 6) is 0. The quantitative estimate of drug-likeness (QED) is 0.815. The molecule has 0 radical (unpaired) electrons. The highest BCUT2D eigenvalue weighted by Gasteiger charge is 2.34. The minimum atomic E-state index is -4.82. The van der Waals surface area contributed by atoms with Crippen molar-refractivity contribution < 1.29 is 26.1 Å². The van der Waals surface area contributed by atoms with Crippen LogP contribution in [-0.4, -0.2) is 17.5 Å². The fraction of sp³-hybridized carbons (Fsp3) is 0.182. The Kier molecular flexibility index (Phi) is 3.14. The fourth-order valence-electron chi connectivity index (χ4n) is 1.84. The van der Waals surface area contributed by atoms with Crippen molar-refractivity contribution in [3.05, 3.63) is 40.2 Å². The number of nitrogens with zero attached hydrogens (tertiary/aromatic N) is 1. The van der Waals surface area contributed by atoms with E-state index in [-0.39, 0.29) is 5.52 Å². The largest absolute Gasteiger partial charge is 0.417 e. The third-order valence-electron chi connectivity index (χ3n) is 2.82. The molecular formula is C11H8F3NO4S. The lowest BCUT2D eigenvalue weighted by Crippen LogP contribution is -2.20. The lowest BCUT2D eigenvalue weighted by molar-refractivity contribution is -0.136. The molecule has 1 aromatic carbocycles. The summed E-state index contributed by atoms with van der Waals surface area (Å²) < 4.78 is 70.5. The molecule has 0 aliphatic heterocycles. The Balaban J connectivity index is 3.00. The SMILES string of the molecule is Cn1c(=O)cc(C(F)(F)F)c2cc(S(=O)(=O)O)ccc21. The third-order valence-corrected chi connectivity index (χ3v) is 3.67. The van der Waals surface area contributed by atoms with Crippen LogP contribution in [0.3, 0.4) is 0 Å². The van der Waals surface area contributed by atoms with E-state index in [0.29, 0.717) is 12.1 Å². The van der Waals surface area contributed by atoms with E-state index in [9.17, 15) is 26.4 Å². The topological polar surface area (TPSA) is 76.4 Å². The second-order valence-corrected chi connectivity index (χ2v) is 5.53. The van der Waals surface area contributed by atoms with Crippen LogP contribution in [-0.2, 0) is 23.3 Å². The van der Waals surface area contributed by atoms with Crippen molar-refractivity contribution >= 4 is 21.0 Å². The highest BCUT2D eigenvalue weighted by Crippen LogP contribution is 2.34. The summed E-state index contributed by atoms with van der Waals surface area (Å²) in [7, 11) is -3.37. The summed E-state index contributed by atoms with van der Waals surface area (Å²) in [5, 5.41) is -0.477. The summed E-state index contributed by atoms with van der Waals surface area (Å²) >= 11 is 0. The maximum Gasteiger partial charge on any atom is 0.417 e. The molecule has 0 aliphatic carbocycles. The molecular weight excluding hydrogens is 299 g/mol. The number of aryl methyl sites for hydroxylation is 1. The zero-order valence-electron chi connectivity index (χ0n) is 9.97. The van der Waals surface area contributed by atoms with Gasteiger partial charge in [0, 0.05) is 18.5 Å². The molecule has 1 aromatic heterocycles. The van der Waals surface area contributed by atoms with Crippen LogP contribution in [0.25, 0.3) is 10.9 Å². The van der Waals surface area contributed by atoms with E-state index in [2.05, 4.69) is 0 Å². The van der Waals surface area contributed by atoms with Crippen molar-refractivity contribution in [2.75, 3.05) is 0 Å². The zero-order valence-corrected chi connectivity index (χ0v) is 10.8. The molecule has 9 heteroatoms. The van der Waals surface area contributed by atoms with Gasteiger partial charge in [0.05, 0.1) is 16.0 Å². The van der Waals surface area contributed by atoms with Crippen LogP contribution >= 0.6 is 0 Å². The van der Waals surface area contributed by atoms with E-state index < -0.39 is 37.7 Å². The Morgan fingerprint density at radius 3 is 2.30 bits per heavy atom. The smallest absolute Gasteiger partial charge is 0.311 e. The third kappa shape index (κ3) is 2.41. The molecule has 0 fully saturated rings. The number of hydrogen-bond donors (Lipinski definition) is 1. The minimum absolute atomic E-state index is 0.0859. The molecule has 0 saturated heterocycles. The lowest BCUT2D eigenvalue weighted by atomic mass is 10.1. The average molecular weight is 307 g/mol. The molecule has 20 heavy (non-hydrogen) atoms. The van der Waals surface area contributed by atoms with Crippen molar-refractivity contribution in [1.82, 2.24) is 4.57 Å². The average Bonchev–Trinajstić information content (AvgIpc) is 2.30. The van der Waals surface area contributed by atoms with Gasteiger partial charge in [0.1, 0.15) is 0 Å². The van der Waals surface area contributed by atoms with Gasteiger partial charge in [0.2, 0.25) is 0 Å². The molecule has 0 atom stereocenters. The maximum absolute atomic E-state index is 12.9. The van der Waals surface area contributed by atoms with Crippen molar-refractivity contribution in [1.29, 1.82) is 0 Å². The van der Waals surface area contributed by atoms with Gasteiger partial charge >= 0.3 is 6.18 Å². The van der Waals surface area contributed by atoms with Gasteiger partial charge in [-0.3, -0.25) is 9.35 Å². The van der Waals surface area contributed by atoms with Gasteiger partial charge in [-0.15, -0.1) is 0 Å². The van der Waals surface area contributed by atoms with Crippen molar-refractivity contribution in [3.8, 4) is 0 Å². The number of benzene rings is 1. The predicted molar refractivity (Wildman–Crippen MR) is 64.0 cm³/mol. The van der Waals surface area contributed by atoms with Crippen LogP contribution < -0.4 is 5.56 Å². The van der Waals surface area contributed by atoms with Gasteiger partial charge < -0.3 is 4.57 Å². The van der Waals surface area contributed by atoms with Crippen LogP contribution in [0, 0.1) is 0 Å².